The van der Waals surface area contributed by atoms with Crippen LogP contribution in [0.5, 0.6) is 5.75 Å². The van der Waals surface area contributed by atoms with Gasteiger partial charge in [-0.2, -0.15) is 0 Å². The van der Waals surface area contributed by atoms with Crippen molar-refractivity contribution in [1.82, 2.24) is 0 Å². The average molecular weight is 296 g/mol. The van der Waals surface area contributed by atoms with Crippen molar-refractivity contribution in [3.05, 3.63) is 70.6 Å². The van der Waals surface area contributed by atoms with E-state index in [-0.39, 0.29) is 0 Å². The summed E-state index contributed by atoms with van der Waals surface area (Å²) in [4.78, 5) is 1.28. The molecule has 3 rings (SSSR count). The lowest BCUT2D eigenvalue weighted by atomic mass is 10.0. The van der Waals surface area contributed by atoms with Gasteiger partial charge in [-0.25, -0.2) is 0 Å². The first-order chi connectivity index (χ1) is 10.3. The Morgan fingerprint density at radius 1 is 1.05 bits per heavy atom. The lowest BCUT2D eigenvalue weighted by molar-refractivity contribution is 0.337. The van der Waals surface area contributed by atoms with E-state index in [9.17, 15) is 0 Å². The molecule has 2 aromatic rings. The fourth-order valence-corrected chi connectivity index (χ4v) is 3.34. The van der Waals surface area contributed by atoms with Crippen LogP contribution in [0.3, 0.4) is 0 Å². The van der Waals surface area contributed by atoms with E-state index < -0.39 is 0 Å². The number of hydrogen-bond donors (Lipinski definition) is 0. The number of ether oxygens (including phenoxy) is 1. The standard InChI is InChI=1S/C19H20OS/c1-15-10-11-19-17(12-15)7-5-6-16(13-20-19)14-21-18-8-3-2-4-9-18/h2-4,8-12,14H,5-7,13H2,1H3/b16-14+. The van der Waals surface area contributed by atoms with Gasteiger partial charge in [0, 0.05) is 4.90 Å². The van der Waals surface area contributed by atoms with Crippen molar-refractivity contribution in [2.45, 2.75) is 31.1 Å². The number of hydrogen-bond acceptors (Lipinski definition) is 2. The van der Waals surface area contributed by atoms with E-state index in [1.54, 1.807) is 11.8 Å². The Morgan fingerprint density at radius 3 is 2.76 bits per heavy atom. The minimum absolute atomic E-state index is 0.704. The lowest BCUT2D eigenvalue weighted by Gasteiger charge is -2.18. The highest BCUT2D eigenvalue weighted by molar-refractivity contribution is 8.02. The molecule has 1 nitrogen and oxygen atoms in total. The number of benzene rings is 2. The van der Waals surface area contributed by atoms with Crippen LogP contribution in [0.2, 0.25) is 0 Å². The van der Waals surface area contributed by atoms with Crippen molar-refractivity contribution in [2.75, 3.05) is 6.61 Å². The van der Waals surface area contributed by atoms with Crippen molar-refractivity contribution in [1.29, 1.82) is 0 Å². The summed E-state index contributed by atoms with van der Waals surface area (Å²) >= 11 is 1.78. The Bertz CT molecular complexity index is 631. The molecule has 0 N–H and O–H groups in total. The summed E-state index contributed by atoms with van der Waals surface area (Å²) in [6.07, 6.45) is 3.42. The zero-order valence-corrected chi connectivity index (χ0v) is 13.2. The van der Waals surface area contributed by atoms with Crippen molar-refractivity contribution in [3.63, 3.8) is 0 Å². The van der Waals surface area contributed by atoms with Crippen LogP contribution in [0.25, 0.3) is 0 Å². The highest BCUT2D eigenvalue weighted by Gasteiger charge is 2.10. The molecule has 0 saturated heterocycles. The second-order valence-electron chi connectivity index (χ2n) is 5.46. The van der Waals surface area contributed by atoms with Gasteiger partial charge in [0.25, 0.3) is 0 Å². The van der Waals surface area contributed by atoms with Gasteiger partial charge in [0.1, 0.15) is 12.4 Å². The lowest BCUT2D eigenvalue weighted by Crippen LogP contribution is -2.07. The molecule has 1 heterocycles. The Labute approximate surface area is 131 Å². The minimum Gasteiger partial charge on any atom is -0.489 e. The summed E-state index contributed by atoms with van der Waals surface area (Å²) in [5.74, 6) is 1.05. The van der Waals surface area contributed by atoms with Crippen LogP contribution >= 0.6 is 11.8 Å². The first kappa shape index (κ1) is 14.3. The van der Waals surface area contributed by atoms with Gasteiger partial charge in [0.05, 0.1) is 0 Å². The molecule has 2 heteroatoms. The van der Waals surface area contributed by atoms with Crippen molar-refractivity contribution >= 4 is 11.8 Å². The molecule has 0 atom stereocenters. The van der Waals surface area contributed by atoms with Crippen molar-refractivity contribution in [2.24, 2.45) is 0 Å². The molecule has 0 radical (unpaired) electrons. The maximum Gasteiger partial charge on any atom is 0.122 e. The molecule has 0 fully saturated rings. The first-order valence-corrected chi connectivity index (χ1v) is 8.31. The summed E-state index contributed by atoms with van der Waals surface area (Å²) in [5.41, 5.74) is 4.05. The van der Waals surface area contributed by atoms with E-state index in [2.05, 4.69) is 60.9 Å². The topological polar surface area (TPSA) is 9.23 Å². The molecular formula is C19H20OS. The van der Waals surface area contributed by atoms with Crippen molar-refractivity contribution < 1.29 is 4.74 Å². The molecular weight excluding hydrogens is 276 g/mol. The molecule has 0 saturated carbocycles. The molecule has 0 aliphatic carbocycles. The summed E-state index contributed by atoms with van der Waals surface area (Å²) in [6, 6.07) is 17.0. The summed E-state index contributed by atoms with van der Waals surface area (Å²) < 4.78 is 6.00. The van der Waals surface area contributed by atoms with Crippen LogP contribution in [0.4, 0.5) is 0 Å². The number of fused-ring (bicyclic) bond motifs is 1. The van der Waals surface area contributed by atoms with Crippen LogP contribution in [-0.2, 0) is 6.42 Å². The second kappa shape index (κ2) is 6.86. The highest BCUT2D eigenvalue weighted by Crippen LogP contribution is 2.28. The van der Waals surface area contributed by atoms with E-state index in [1.165, 1.54) is 28.0 Å². The van der Waals surface area contributed by atoms with E-state index in [4.69, 9.17) is 4.74 Å². The fraction of sp³-hybridized carbons (Fsp3) is 0.263. The van der Waals surface area contributed by atoms with Crippen LogP contribution < -0.4 is 4.74 Å². The third-order valence-corrected chi connectivity index (χ3v) is 4.67. The van der Waals surface area contributed by atoms with Gasteiger partial charge in [-0.1, -0.05) is 47.7 Å². The Hall–Kier alpha value is -1.67. The highest BCUT2D eigenvalue weighted by atomic mass is 32.2. The average Bonchev–Trinajstić information content (AvgIpc) is 2.49. The van der Waals surface area contributed by atoms with Crippen LogP contribution in [0.1, 0.15) is 24.0 Å². The molecule has 0 aromatic heterocycles. The Morgan fingerprint density at radius 2 is 1.90 bits per heavy atom. The molecule has 0 spiro atoms. The maximum absolute atomic E-state index is 6.00. The van der Waals surface area contributed by atoms with Crippen LogP contribution in [0, 0.1) is 6.92 Å². The molecule has 1 aliphatic heterocycles. The molecule has 108 valence electrons. The van der Waals surface area contributed by atoms with Gasteiger partial charge in [-0.3, -0.25) is 0 Å². The first-order valence-electron chi connectivity index (χ1n) is 7.43. The summed E-state index contributed by atoms with van der Waals surface area (Å²) in [6.45, 7) is 2.84. The third kappa shape index (κ3) is 3.92. The van der Waals surface area contributed by atoms with Gasteiger partial charge < -0.3 is 4.74 Å². The third-order valence-electron chi connectivity index (χ3n) is 3.68. The molecule has 0 bridgehead atoms. The largest absolute Gasteiger partial charge is 0.489 e. The van der Waals surface area contributed by atoms with Gasteiger partial charge in [0.15, 0.2) is 0 Å². The summed E-state index contributed by atoms with van der Waals surface area (Å²) in [7, 11) is 0. The number of aryl methyl sites for hydroxylation is 2. The number of thioether (sulfide) groups is 1. The predicted octanol–water partition coefficient (Wildman–Crippen LogP) is 5.39. The quantitative estimate of drug-likeness (QED) is 0.687. The SMILES string of the molecule is Cc1ccc2c(c1)CCC/C(=C\Sc1ccccc1)CO2. The Balaban J connectivity index is 1.69. The van der Waals surface area contributed by atoms with Gasteiger partial charge in [-0.15, -0.1) is 0 Å². The zero-order chi connectivity index (χ0) is 14.5. The normalized spacial score (nSPS) is 16.7. The van der Waals surface area contributed by atoms with E-state index in [0.29, 0.717) is 6.61 Å². The van der Waals surface area contributed by atoms with Crippen LogP contribution in [0.15, 0.2) is 64.4 Å². The van der Waals surface area contributed by atoms with Gasteiger partial charge in [0.2, 0.25) is 0 Å². The Kier molecular flexibility index (Phi) is 4.66. The predicted molar refractivity (Wildman–Crippen MR) is 90.0 cm³/mol. The molecule has 1 aliphatic rings. The molecule has 21 heavy (non-hydrogen) atoms. The zero-order valence-electron chi connectivity index (χ0n) is 12.3. The minimum atomic E-state index is 0.704. The van der Waals surface area contributed by atoms with E-state index >= 15 is 0 Å². The maximum atomic E-state index is 6.00. The van der Waals surface area contributed by atoms with Gasteiger partial charge in [-0.05, 0) is 60.9 Å². The van der Waals surface area contributed by atoms with Gasteiger partial charge >= 0.3 is 0 Å². The monoisotopic (exact) mass is 296 g/mol. The second-order valence-corrected chi connectivity index (χ2v) is 6.40. The summed E-state index contributed by atoms with van der Waals surface area (Å²) in [5, 5.41) is 2.26. The van der Waals surface area contributed by atoms with E-state index in [1.807, 2.05) is 0 Å². The van der Waals surface area contributed by atoms with Crippen molar-refractivity contribution in [3.8, 4) is 5.75 Å². The smallest absolute Gasteiger partial charge is 0.122 e. The number of rotatable bonds is 2. The molecule has 0 amide bonds. The molecule has 0 unspecified atom stereocenters. The van der Waals surface area contributed by atoms with E-state index in [0.717, 1.165) is 18.6 Å². The fourth-order valence-electron chi connectivity index (χ4n) is 2.54. The van der Waals surface area contributed by atoms with Crippen LogP contribution in [-0.4, -0.2) is 6.61 Å². The molecule has 2 aromatic carbocycles.